The van der Waals surface area contributed by atoms with Gasteiger partial charge in [-0.05, 0) is 13.0 Å². The van der Waals surface area contributed by atoms with Crippen LogP contribution >= 0.6 is 11.6 Å². The van der Waals surface area contributed by atoms with Crippen molar-refractivity contribution >= 4 is 23.3 Å². The summed E-state index contributed by atoms with van der Waals surface area (Å²) in [6, 6.07) is 1.78. The van der Waals surface area contributed by atoms with E-state index in [-0.39, 0.29) is 5.91 Å². The van der Waals surface area contributed by atoms with Crippen LogP contribution in [0.4, 0.5) is 5.82 Å². The van der Waals surface area contributed by atoms with Gasteiger partial charge in [-0.1, -0.05) is 11.6 Å². The molecule has 0 radical (unpaired) electrons. The number of rotatable bonds is 2. The first kappa shape index (κ1) is 10.2. The van der Waals surface area contributed by atoms with Crippen molar-refractivity contribution in [2.24, 2.45) is 0 Å². The first-order chi connectivity index (χ1) is 7.13. The summed E-state index contributed by atoms with van der Waals surface area (Å²) < 4.78 is 0. The van der Waals surface area contributed by atoms with Gasteiger partial charge < -0.3 is 10.2 Å². The third kappa shape index (κ3) is 1.65. The summed E-state index contributed by atoms with van der Waals surface area (Å²) in [7, 11) is 1.91. The maximum Gasteiger partial charge on any atom is 0.252 e. The smallest absolute Gasteiger partial charge is 0.252 e. The molecule has 4 nitrogen and oxygen atoms in total. The molecule has 2 rings (SSSR count). The lowest BCUT2D eigenvalue weighted by atomic mass is 10.2. The molecule has 0 spiro atoms. The molecule has 0 unspecified atom stereocenters. The highest BCUT2D eigenvalue weighted by Gasteiger charge is 2.23. The van der Waals surface area contributed by atoms with Crippen LogP contribution in [0.1, 0.15) is 22.8 Å². The number of hydrogen-bond donors (Lipinski definition) is 1. The molecular formula is C10H12ClN3O. The van der Waals surface area contributed by atoms with Crippen molar-refractivity contribution in [2.45, 2.75) is 13.5 Å². The molecule has 0 aliphatic carbocycles. The van der Waals surface area contributed by atoms with E-state index >= 15 is 0 Å². The summed E-state index contributed by atoms with van der Waals surface area (Å²) in [4.78, 5) is 17.7. The maximum absolute atomic E-state index is 11.5. The van der Waals surface area contributed by atoms with E-state index in [0.29, 0.717) is 17.3 Å². The van der Waals surface area contributed by atoms with E-state index in [1.165, 1.54) is 0 Å². The third-order valence-electron chi connectivity index (χ3n) is 2.60. The number of hydrogen-bond acceptors (Lipinski definition) is 3. The van der Waals surface area contributed by atoms with Crippen molar-refractivity contribution in [2.75, 3.05) is 18.5 Å². The number of nitrogens with one attached hydrogen (secondary N) is 1. The number of anilines is 1. The third-order valence-corrected chi connectivity index (χ3v) is 2.91. The van der Waals surface area contributed by atoms with Gasteiger partial charge in [-0.25, -0.2) is 4.98 Å². The summed E-state index contributed by atoms with van der Waals surface area (Å²) in [6.45, 7) is 3.32. The first-order valence-corrected chi connectivity index (χ1v) is 5.20. The second-order valence-electron chi connectivity index (χ2n) is 3.49. The monoisotopic (exact) mass is 225 g/mol. The van der Waals surface area contributed by atoms with Gasteiger partial charge in [0.1, 0.15) is 11.0 Å². The van der Waals surface area contributed by atoms with E-state index in [9.17, 15) is 4.79 Å². The number of halogens is 1. The molecule has 15 heavy (non-hydrogen) atoms. The van der Waals surface area contributed by atoms with E-state index in [1.54, 1.807) is 6.07 Å². The average Bonchev–Trinajstić information content (AvgIpc) is 2.60. The fourth-order valence-corrected chi connectivity index (χ4v) is 1.78. The Balaban J connectivity index is 2.50. The number of amides is 1. The van der Waals surface area contributed by atoms with Crippen LogP contribution in [0, 0.1) is 0 Å². The molecule has 0 fully saturated rings. The van der Waals surface area contributed by atoms with E-state index in [4.69, 9.17) is 11.6 Å². The molecule has 0 atom stereocenters. The largest absolute Gasteiger partial charge is 0.360 e. The van der Waals surface area contributed by atoms with Gasteiger partial charge in [0.25, 0.3) is 5.91 Å². The zero-order chi connectivity index (χ0) is 11.0. The lowest BCUT2D eigenvalue weighted by Gasteiger charge is -2.16. The van der Waals surface area contributed by atoms with Crippen LogP contribution in [0.3, 0.4) is 0 Å². The number of pyridine rings is 1. The zero-order valence-corrected chi connectivity index (χ0v) is 9.43. The number of carbonyl (C=O) groups is 1. The molecule has 1 aromatic heterocycles. The second-order valence-corrected chi connectivity index (χ2v) is 3.85. The molecule has 1 N–H and O–H groups in total. The standard InChI is InChI=1S/C10H12ClN3O/c1-3-14(2)8-4-6-7(9(11)13-8)5-12-10(6)15/h4H,3,5H2,1-2H3,(H,12,15). The molecule has 1 aliphatic rings. The van der Waals surface area contributed by atoms with E-state index in [2.05, 4.69) is 10.3 Å². The number of fused-ring (bicyclic) bond motifs is 1. The molecule has 1 amide bonds. The average molecular weight is 226 g/mol. The summed E-state index contributed by atoms with van der Waals surface area (Å²) in [5.74, 6) is 0.665. The molecule has 0 saturated heterocycles. The topological polar surface area (TPSA) is 45.2 Å². The van der Waals surface area contributed by atoms with Gasteiger partial charge in [0.2, 0.25) is 0 Å². The Kier molecular flexibility index (Phi) is 2.52. The second kappa shape index (κ2) is 3.70. The maximum atomic E-state index is 11.5. The van der Waals surface area contributed by atoms with Crippen LogP contribution in [0.15, 0.2) is 6.07 Å². The molecule has 5 heteroatoms. The Labute approximate surface area is 93.2 Å². The van der Waals surface area contributed by atoms with Crippen LogP contribution in [0.2, 0.25) is 5.15 Å². The molecule has 0 aromatic carbocycles. The summed E-state index contributed by atoms with van der Waals surface area (Å²) in [6.07, 6.45) is 0. The minimum atomic E-state index is -0.0694. The van der Waals surface area contributed by atoms with Gasteiger partial charge in [0.05, 0.1) is 5.56 Å². The Morgan fingerprint density at radius 1 is 1.67 bits per heavy atom. The van der Waals surface area contributed by atoms with Crippen molar-refractivity contribution in [1.29, 1.82) is 0 Å². The number of nitrogens with zero attached hydrogens (tertiary/aromatic N) is 2. The van der Waals surface area contributed by atoms with Crippen LogP contribution in [0.25, 0.3) is 0 Å². The van der Waals surface area contributed by atoms with Gasteiger partial charge in [0.15, 0.2) is 0 Å². The Morgan fingerprint density at radius 3 is 3.07 bits per heavy atom. The SMILES string of the molecule is CCN(C)c1cc2c(c(Cl)n1)CNC2=O. The summed E-state index contributed by atoms with van der Waals surface area (Å²) >= 11 is 6.01. The molecule has 0 bridgehead atoms. The molecule has 2 heterocycles. The molecule has 80 valence electrons. The van der Waals surface area contributed by atoms with Crippen LogP contribution in [-0.4, -0.2) is 24.5 Å². The number of carbonyl (C=O) groups excluding carboxylic acids is 1. The first-order valence-electron chi connectivity index (χ1n) is 4.82. The molecular weight excluding hydrogens is 214 g/mol. The normalized spacial score (nSPS) is 13.7. The fraction of sp³-hybridized carbons (Fsp3) is 0.400. The lowest BCUT2D eigenvalue weighted by molar-refractivity contribution is 0.0966. The number of aromatic nitrogens is 1. The van der Waals surface area contributed by atoms with Crippen molar-refractivity contribution < 1.29 is 4.79 Å². The van der Waals surface area contributed by atoms with E-state index in [1.807, 2.05) is 18.9 Å². The van der Waals surface area contributed by atoms with Crippen LogP contribution in [-0.2, 0) is 6.54 Å². The Hall–Kier alpha value is -1.29. The van der Waals surface area contributed by atoms with E-state index in [0.717, 1.165) is 17.9 Å². The van der Waals surface area contributed by atoms with Gasteiger partial charge >= 0.3 is 0 Å². The van der Waals surface area contributed by atoms with Gasteiger partial charge in [-0.15, -0.1) is 0 Å². The van der Waals surface area contributed by atoms with Crippen LogP contribution in [0.5, 0.6) is 0 Å². The van der Waals surface area contributed by atoms with Crippen molar-refractivity contribution in [3.8, 4) is 0 Å². The predicted octanol–water partition coefficient (Wildman–Crippen LogP) is 1.43. The minimum Gasteiger partial charge on any atom is -0.360 e. The van der Waals surface area contributed by atoms with Crippen molar-refractivity contribution in [3.63, 3.8) is 0 Å². The fourth-order valence-electron chi connectivity index (χ4n) is 1.52. The Bertz CT molecular complexity index is 419. The van der Waals surface area contributed by atoms with Gasteiger partial charge in [0, 0.05) is 25.7 Å². The highest BCUT2D eigenvalue weighted by molar-refractivity contribution is 6.31. The van der Waals surface area contributed by atoms with Crippen LogP contribution < -0.4 is 10.2 Å². The minimum absolute atomic E-state index is 0.0694. The lowest BCUT2D eigenvalue weighted by Crippen LogP contribution is -2.18. The zero-order valence-electron chi connectivity index (χ0n) is 8.67. The molecule has 1 aromatic rings. The van der Waals surface area contributed by atoms with Gasteiger partial charge in [-0.3, -0.25) is 4.79 Å². The van der Waals surface area contributed by atoms with Gasteiger partial charge in [-0.2, -0.15) is 0 Å². The molecule has 1 aliphatic heterocycles. The summed E-state index contributed by atoms with van der Waals surface area (Å²) in [5, 5.41) is 3.15. The van der Waals surface area contributed by atoms with Crippen molar-refractivity contribution in [3.05, 3.63) is 22.3 Å². The predicted molar refractivity (Wildman–Crippen MR) is 59.4 cm³/mol. The highest BCUT2D eigenvalue weighted by atomic mass is 35.5. The van der Waals surface area contributed by atoms with Crippen molar-refractivity contribution in [1.82, 2.24) is 10.3 Å². The highest BCUT2D eigenvalue weighted by Crippen LogP contribution is 2.26. The molecule has 0 saturated carbocycles. The Morgan fingerprint density at radius 2 is 2.40 bits per heavy atom. The van der Waals surface area contributed by atoms with E-state index < -0.39 is 0 Å². The summed E-state index contributed by atoms with van der Waals surface area (Å²) in [5.41, 5.74) is 1.44. The quantitative estimate of drug-likeness (QED) is 0.775.